The Labute approximate surface area is 169 Å². The van der Waals surface area contributed by atoms with Crippen molar-refractivity contribution in [2.45, 2.75) is 18.7 Å². The number of aromatic amines is 2. The SMILES string of the molecule is Cc1cc(S(=O)(=O)O)c2[nH]c3c(C)c4c(=O)c5ccccc5[nH]c4cc3c(=O)c2c1. The first-order chi connectivity index (χ1) is 14.2. The summed E-state index contributed by atoms with van der Waals surface area (Å²) in [7, 11) is -4.57. The molecule has 5 rings (SSSR count). The number of para-hydroxylation sites is 1. The van der Waals surface area contributed by atoms with Gasteiger partial charge in [-0.1, -0.05) is 12.1 Å². The normalized spacial score (nSPS) is 12.4. The van der Waals surface area contributed by atoms with E-state index in [0.717, 1.165) is 0 Å². The molecule has 0 aliphatic carbocycles. The van der Waals surface area contributed by atoms with Crippen LogP contribution in [0.2, 0.25) is 0 Å². The number of aromatic nitrogens is 2. The first kappa shape index (κ1) is 18.5. The molecule has 0 fully saturated rings. The molecule has 0 saturated heterocycles. The summed E-state index contributed by atoms with van der Waals surface area (Å²) < 4.78 is 33.5. The van der Waals surface area contributed by atoms with Gasteiger partial charge in [0, 0.05) is 21.7 Å². The molecule has 150 valence electrons. The predicted octanol–water partition coefficient (Wildman–Crippen LogP) is 3.54. The standard InChI is InChI=1S/C22H16N2O5S/c1-10-7-13-20(17(8-10)30(27,28)29)24-19-11(2)18-16(9-14(19)21(13)25)23-15-6-4-3-5-12(15)22(18)26/h3-9H,1-2H3,(H,23,26)(H,24,25)(H,27,28,29). The lowest BCUT2D eigenvalue weighted by Gasteiger charge is -2.12. The van der Waals surface area contributed by atoms with Crippen molar-refractivity contribution >= 4 is 53.7 Å². The topological polar surface area (TPSA) is 120 Å². The quantitative estimate of drug-likeness (QED) is 0.283. The Bertz CT molecular complexity index is 1780. The molecular weight excluding hydrogens is 404 g/mol. The minimum atomic E-state index is -4.57. The average molecular weight is 420 g/mol. The number of fused-ring (bicyclic) bond motifs is 4. The lowest BCUT2D eigenvalue weighted by Crippen LogP contribution is -2.12. The third-order valence-electron chi connectivity index (χ3n) is 5.51. The monoisotopic (exact) mass is 420 g/mol. The highest BCUT2D eigenvalue weighted by Gasteiger charge is 2.20. The Hall–Kier alpha value is -3.49. The number of hydrogen-bond donors (Lipinski definition) is 3. The van der Waals surface area contributed by atoms with Gasteiger partial charge in [-0.2, -0.15) is 8.42 Å². The molecule has 3 aromatic carbocycles. The Balaban J connectivity index is 2.08. The molecule has 0 radical (unpaired) electrons. The van der Waals surface area contributed by atoms with Gasteiger partial charge in [0.2, 0.25) is 0 Å². The van der Waals surface area contributed by atoms with Crippen LogP contribution < -0.4 is 10.9 Å². The Morgan fingerprint density at radius 2 is 1.50 bits per heavy atom. The van der Waals surface area contributed by atoms with Gasteiger partial charge in [-0.05, 0) is 55.3 Å². The lowest BCUT2D eigenvalue weighted by molar-refractivity contribution is 0.484. The molecular formula is C22H16N2O5S. The minimum absolute atomic E-state index is 0.0141. The van der Waals surface area contributed by atoms with Crippen LogP contribution in [0, 0.1) is 13.8 Å². The van der Waals surface area contributed by atoms with E-state index in [4.69, 9.17) is 0 Å². The highest BCUT2D eigenvalue weighted by atomic mass is 32.2. The predicted molar refractivity (Wildman–Crippen MR) is 117 cm³/mol. The van der Waals surface area contributed by atoms with Crippen molar-refractivity contribution in [3.63, 3.8) is 0 Å². The first-order valence-electron chi connectivity index (χ1n) is 9.19. The van der Waals surface area contributed by atoms with Gasteiger partial charge in [0.15, 0.2) is 10.9 Å². The molecule has 30 heavy (non-hydrogen) atoms. The van der Waals surface area contributed by atoms with Crippen molar-refractivity contribution in [2.75, 3.05) is 0 Å². The maximum atomic E-state index is 13.3. The van der Waals surface area contributed by atoms with Crippen LogP contribution in [0.5, 0.6) is 0 Å². The summed E-state index contributed by atoms with van der Waals surface area (Å²) in [5.74, 6) is 0. The molecule has 2 heterocycles. The zero-order chi connectivity index (χ0) is 21.4. The molecule has 5 aromatic rings. The van der Waals surface area contributed by atoms with Crippen LogP contribution >= 0.6 is 0 Å². The Morgan fingerprint density at radius 1 is 0.800 bits per heavy atom. The maximum absolute atomic E-state index is 13.3. The van der Waals surface area contributed by atoms with Gasteiger partial charge in [0.05, 0.1) is 21.9 Å². The number of rotatable bonds is 1. The molecule has 0 amide bonds. The molecule has 0 aliphatic rings. The summed E-state index contributed by atoms with van der Waals surface area (Å²) >= 11 is 0. The molecule has 0 saturated carbocycles. The van der Waals surface area contributed by atoms with Gasteiger partial charge < -0.3 is 9.97 Å². The fraction of sp³-hybridized carbons (Fsp3) is 0.0909. The van der Waals surface area contributed by atoms with Crippen LogP contribution in [0.25, 0.3) is 43.6 Å². The van der Waals surface area contributed by atoms with E-state index in [9.17, 15) is 22.6 Å². The van der Waals surface area contributed by atoms with E-state index in [1.807, 2.05) is 6.07 Å². The van der Waals surface area contributed by atoms with Crippen molar-refractivity contribution in [2.24, 2.45) is 0 Å². The van der Waals surface area contributed by atoms with E-state index in [0.29, 0.717) is 43.8 Å². The van der Waals surface area contributed by atoms with E-state index in [1.54, 1.807) is 44.2 Å². The number of H-pyrrole nitrogens is 2. The number of pyridine rings is 2. The summed E-state index contributed by atoms with van der Waals surface area (Å²) in [6.07, 6.45) is 0. The van der Waals surface area contributed by atoms with E-state index in [1.165, 1.54) is 6.07 Å². The van der Waals surface area contributed by atoms with Crippen LogP contribution in [0.3, 0.4) is 0 Å². The zero-order valence-corrected chi connectivity index (χ0v) is 16.8. The van der Waals surface area contributed by atoms with Crippen molar-refractivity contribution < 1.29 is 13.0 Å². The van der Waals surface area contributed by atoms with Crippen molar-refractivity contribution in [3.05, 3.63) is 74.0 Å². The van der Waals surface area contributed by atoms with Gasteiger partial charge >= 0.3 is 0 Å². The second-order valence-corrected chi connectivity index (χ2v) is 8.85. The molecule has 0 bridgehead atoms. The first-order valence-corrected chi connectivity index (χ1v) is 10.6. The highest BCUT2D eigenvalue weighted by Crippen LogP contribution is 2.28. The van der Waals surface area contributed by atoms with Gasteiger partial charge in [-0.25, -0.2) is 0 Å². The molecule has 2 aromatic heterocycles. The van der Waals surface area contributed by atoms with E-state index in [2.05, 4.69) is 9.97 Å². The van der Waals surface area contributed by atoms with Crippen molar-refractivity contribution in [1.29, 1.82) is 0 Å². The Morgan fingerprint density at radius 3 is 2.23 bits per heavy atom. The fourth-order valence-corrected chi connectivity index (χ4v) is 4.91. The molecule has 3 N–H and O–H groups in total. The van der Waals surface area contributed by atoms with Crippen molar-refractivity contribution in [3.8, 4) is 0 Å². The minimum Gasteiger partial charge on any atom is -0.354 e. The van der Waals surface area contributed by atoms with Gasteiger partial charge in [0.25, 0.3) is 10.1 Å². The number of benzene rings is 3. The molecule has 0 unspecified atom stereocenters. The van der Waals surface area contributed by atoms with Crippen LogP contribution in [0.1, 0.15) is 11.1 Å². The van der Waals surface area contributed by atoms with Gasteiger partial charge in [-0.15, -0.1) is 0 Å². The fourth-order valence-electron chi connectivity index (χ4n) is 4.15. The maximum Gasteiger partial charge on any atom is 0.296 e. The van der Waals surface area contributed by atoms with Crippen molar-refractivity contribution in [1.82, 2.24) is 9.97 Å². The van der Waals surface area contributed by atoms with Crippen LogP contribution in [-0.2, 0) is 10.1 Å². The number of hydrogen-bond acceptors (Lipinski definition) is 4. The highest BCUT2D eigenvalue weighted by molar-refractivity contribution is 7.86. The summed E-state index contributed by atoms with van der Waals surface area (Å²) in [6.45, 7) is 3.35. The largest absolute Gasteiger partial charge is 0.354 e. The summed E-state index contributed by atoms with van der Waals surface area (Å²) in [4.78, 5) is 32.2. The van der Waals surface area contributed by atoms with Crippen LogP contribution in [0.15, 0.2) is 56.9 Å². The number of nitrogens with one attached hydrogen (secondary N) is 2. The van der Waals surface area contributed by atoms with E-state index in [-0.39, 0.29) is 26.7 Å². The average Bonchev–Trinajstić information content (AvgIpc) is 2.68. The zero-order valence-electron chi connectivity index (χ0n) is 16.0. The molecule has 0 aliphatic heterocycles. The lowest BCUT2D eigenvalue weighted by atomic mass is 10.00. The Kier molecular flexibility index (Phi) is 3.71. The van der Waals surface area contributed by atoms with Crippen LogP contribution in [0.4, 0.5) is 0 Å². The third-order valence-corrected chi connectivity index (χ3v) is 6.39. The second-order valence-electron chi connectivity index (χ2n) is 7.46. The summed E-state index contributed by atoms with van der Waals surface area (Å²) in [5.41, 5.74) is 2.04. The van der Waals surface area contributed by atoms with Gasteiger partial charge in [-0.3, -0.25) is 14.1 Å². The summed E-state index contributed by atoms with van der Waals surface area (Å²) in [5, 5.41) is 1.41. The summed E-state index contributed by atoms with van der Waals surface area (Å²) in [6, 6.07) is 11.6. The third kappa shape index (κ3) is 2.51. The van der Waals surface area contributed by atoms with E-state index >= 15 is 0 Å². The number of aryl methyl sites for hydroxylation is 2. The molecule has 7 nitrogen and oxygen atoms in total. The molecule has 8 heteroatoms. The molecule has 0 spiro atoms. The molecule has 0 atom stereocenters. The second kappa shape index (κ2) is 6.01. The van der Waals surface area contributed by atoms with E-state index < -0.39 is 10.1 Å². The van der Waals surface area contributed by atoms with Gasteiger partial charge in [0.1, 0.15) is 4.90 Å². The smallest absolute Gasteiger partial charge is 0.296 e. The van der Waals surface area contributed by atoms with Crippen LogP contribution in [-0.4, -0.2) is 22.9 Å².